The highest BCUT2D eigenvalue weighted by atomic mass is 32.2. The third-order valence-electron chi connectivity index (χ3n) is 5.18. The second-order valence-electron chi connectivity index (χ2n) is 6.98. The number of carbonyl (C=O) groups excluding carboxylic acids is 1. The highest BCUT2D eigenvalue weighted by molar-refractivity contribution is 7.89. The van der Waals surface area contributed by atoms with Gasteiger partial charge < -0.3 is 4.90 Å². The molecule has 1 aromatic carbocycles. The summed E-state index contributed by atoms with van der Waals surface area (Å²) < 4.78 is 27.3. The third kappa shape index (κ3) is 4.25. The van der Waals surface area contributed by atoms with Gasteiger partial charge in [0.1, 0.15) is 0 Å². The number of carbonyl (C=O) groups is 1. The number of hydrogen-bond acceptors (Lipinski definition) is 4. The maximum absolute atomic E-state index is 12.9. The first-order chi connectivity index (χ1) is 12.8. The average molecular weight is 407 g/mol. The lowest BCUT2D eigenvalue weighted by atomic mass is 9.99. The van der Waals surface area contributed by atoms with Gasteiger partial charge in [-0.15, -0.1) is 11.3 Å². The Bertz CT molecular complexity index is 896. The van der Waals surface area contributed by atoms with Crippen molar-refractivity contribution in [2.24, 2.45) is 0 Å². The molecule has 1 unspecified atom stereocenters. The molecular weight excluding hydrogens is 380 g/mol. The van der Waals surface area contributed by atoms with Crippen LogP contribution in [0.5, 0.6) is 0 Å². The topological polar surface area (TPSA) is 57.7 Å². The van der Waals surface area contributed by atoms with Crippen molar-refractivity contribution in [3.8, 4) is 0 Å². The van der Waals surface area contributed by atoms with Crippen molar-refractivity contribution in [3.63, 3.8) is 0 Å². The average Bonchev–Trinajstić information content (AvgIpc) is 3.13. The van der Waals surface area contributed by atoms with Gasteiger partial charge in [-0.1, -0.05) is 26.0 Å². The normalized spacial score (nSPS) is 17.1. The van der Waals surface area contributed by atoms with E-state index < -0.39 is 10.0 Å². The van der Waals surface area contributed by atoms with Crippen LogP contribution in [0.2, 0.25) is 0 Å². The van der Waals surface area contributed by atoms with Crippen LogP contribution in [0.1, 0.15) is 46.3 Å². The fourth-order valence-corrected chi connectivity index (χ4v) is 5.45. The van der Waals surface area contributed by atoms with Gasteiger partial charge in [0, 0.05) is 31.1 Å². The fraction of sp³-hybridized carbons (Fsp3) is 0.450. The van der Waals surface area contributed by atoms with E-state index in [0.29, 0.717) is 41.9 Å². The minimum atomic E-state index is -3.52. The Morgan fingerprint density at radius 3 is 2.22 bits per heavy atom. The molecule has 1 aliphatic rings. The largest absolute Gasteiger partial charge is 0.335 e. The quantitative estimate of drug-likeness (QED) is 0.760. The lowest BCUT2D eigenvalue weighted by Gasteiger charge is -2.33. The van der Waals surface area contributed by atoms with Gasteiger partial charge in [-0.3, -0.25) is 4.79 Å². The van der Waals surface area contributed by atoms with Crippen molar-refractivity contribution < 1.29 is 13.2 Å². The Hall–Kier alpha value is -1.70. The molecule has 1 aromatic heterocycles. The number of benzene rings is 1. The predicted octanol–water partition coefficient (Wildman–Crippen LogP) is 3.72. The maximum atomic E-state index is 12.9. The number of piperazine rings is 1. The summed E-state index contributed by atoms with van der Waals surface area (Å²) in [5.74, 6) is 0.403. The Kier molecular flexibility index (Phi) is 6.03. The standard InChI is InChI=1S/C20H26N2O3S2/c1-4-15(2)17-6-8-18(9-7-17)27(24,25)22-13-11-21(12-14-22)20(23)19-10-5-16(3)26-19/h5-10,15H,4,11-14H2,1-3H3. The van der Waals surface area contributed by atoms with Crippen LogP contribution < -0.4 is 0 Å². The summed E-state index contributed by atoms with van der Waals surface area (Å²) in [6, 6.07) is 11.0. The smallest absolute Gasteiger partial charge is 0.264 e. The SMILES string of the molecule is CCC(C)c1ccc(S(=O)(=O)N2CCN(C(=O)c3ccc(C)s3)CC2)cc1. The van der Waals surface area contributed by atoms with E-state index in [4.69, 9.17) is 0 Å². The van der Waals surface area contributed by atoms with Crippen LogP contribution in [-0.4, -0.2) is 49.7 Å². The Morgan fingerprint density at radius 2 is 1.70 bits per heavy atom. The second-order valence-corrected chi connectivity index (χ2v) is 10.2. The molecule has 1 atom stereocenters. The maximum Gasteiger partial charge on any atom is 0.264 e. The summed E-state index contributed by atoms with van der Waals surface area (Å²) in [7, 11) is -3.52. The van der Waals surface area contributed by atoms with Crippen LogP contribution in [-0.2, 0) is 10.0 Å². The molecule has 3 rings (SSSR count). The van der Waals surface area contributed by atoms with Gasteiger partial charge in [0.15, 0.2) is 0 Å². The summed E-state index contributed by atoms with van der Waals surface area (Å²) in [5.41, 5.74) is 1.15. The number of aryl methyl sites for hydroxylation is 1. The number of amides is 1. The first kappa shape index (κ1) is 20.0. The molecule has 27 heavy (non-hydrogen) atoms. The first-order valence-electron chi connectivity index (χ1n) is 9.28. The second kappa shape index (κ2) is 8.12. The molecule has 0 spiro atoms. The molecule has 2 heterocycles. The number of hydrogen-bond donors (Lipinski definition) is 0. The predicted molar refractivity (Wildman–Crippen MR) is 109 cm³/mol. The van der Waals surface area contributed by atoms with Gasteiger partial charge >= 0.3 is 0 Å². The minimum absolute atomic E-state index is 0.0111. The van der Waals surface area contributed by atoms with Crippen LogP contribution in [0.4, 0.5) is 0 Å². The summed E-state index contributed by atoms with van der Waals surface area (Å²) in [6.45, 7) is 7.71. The lowest BCUT2D eigenvalue weighted by molar-refractivity contribution is 0.0703. The molecule has 0 N–H and O–H groups in total. The van der Waals surface area contributed by atoms with Gasteiger partial charge in [-0.2, -0.15) is 4.31 Å². The number of rotatable bonds is 5. The molecule has 0 bridgehead atoms. The summed E-state index contributed by atoms with van der Waals surface area (Å²) in [5, 5.41) is 0. The van der Waals surface area contributed by atoms with Crippen molar-refractivity contribution in [1.29, 1.82) is 0 Å². The summed E-state index contributed by atoms with van der Waals surface area (Å²) in [4.78, 5) is 16.4. The van der Waals surface area contributed by atoms with Crippen molar-refractivity contribution in [1.82, 2.24) is 9.21 Å². The zero-order chi connectivity index (χ0) is 19.6. The zero-order valence-electron chi connectivity index (χ0n) is 16.0. The minimum Gasteiger partial charge on any atom is -0.335 e. The molecule has 146 valence electrons. The molecule has 1 amide bonds. The molecule has 0 radical (unpaired) electrons. The third-order valence-corrected chi connectivity index (χ3v) is 8.08. The Labute approximate surface area is 165 Å². The highest BCUT2D eigenvalue weighted by Crippen LogP contribution is 2.24. The molecule has 1 aliphatic heterocycles. The Morgan fingerprint density at radius 1 is 1.07 bits per heavy atom. The first-order valence-corrected chi connectivity index (χ1v) is 11.5. The van der Waals surface area contributed by atoms with E-state index in [1.54, 1.807) is 17.0 Å². The van der Waals surface area contributed by atoms with E-state index in [1.165, 1.54) is 15.6 Å². The van der Waals surface area contributed by atoms with Crippen LogP contribution in [0.15, 0.2) is 41.3 Å². The number of sulfonamides is 1. The van der Waals surface area contributed by atoms with Crippen LogP contribution in [0.25, 0.3) is 0 Å². The van der Waals surface area contributed by atoms with Crippen molar-refractivity contribution >= 4 is 27.3 Å². The van der Waals surface area contributed by atoms with E-state index >= 15 is 0 Å². The molecule has 2 aromatic rings. The molecule has 7 heteroatoms. The monoisotopic (exact) mass is 406 g/mol. The molecule has 0 aliphatic carbocycles. The van der Waals surface area contributed by atoms with E-state index in [2.05, 4.69) is 13.8 Å². The molecule has 1 fully saturated rings. The van der Waals surface area contributed by atoms with Crippen molar-refractivity contribution in [2.75, 3.05) is 26.2 Å². The van der Waals surface area contributed by atoms with E-state index in [9.17, 15) is 13.2 Å². The summed E-state index contributed by atoms with van der Waals surface area (Å²) in [6.07, 6.45) is 1.02. The molecular formula is C20H26N2O3S2. The highest BCUT2D eigenvalue weighted by Gasteiger charge is 2.30. The molecule has 5 nitrogen and oxygen atoms in total. The number of nitrogens with zero attached hydrogens (tertiary/aromatic N) is 2. The van der Waals surface area contributed by atoms with Crippen molar-refractivity contribution in [2.45, 2.75) is 38.0 Å². The Balaban J connectivity index is 1.66. The van der Waals surface area contributed by atoms with Crippen LogP contribution >= 0.6 is 11.3 Å². The number of thiophene rings is 1. The van der Waals surface area contributed by atoms with E-state index in [1.807, 2.05) is 31.2 Å². The molecule has 1 saturated heterocycles. The van der Waals surface area contributed by atoms with Crippen LogP contribution in [0, 0.1) is 6.92 Å². The van der Waals surface area contributed by atoms with Gasteiger partial charge in [0.2, 0.25) is 10.0 Å². The van der Waals surface area contributed by atoms with Crippen LogP contribution in [0.3, 0.4) is 0 Å². The van der Waals surface area contributed by atoms with E-state index in [0.717, 1.165) is 16.9 Å². The van der Waals surface area contributed by atoms with Gasteiger partial charge in [0.05, 0.1) is 9.77 Å². The zero-order valence-corrected chi connectivity index (χ0v) is 17.6. The lowest BCUT2D eigenvalue weighted by Crippen LogP contribution is -2.50. The van der Waals surface area contributed by atoms with Gasteiger partial charge in [0.25, 0.3) is 5.91 Å². The fourth-order valence-electron chi connectivity index (χ4n) is 3.19. The van der Waals surface area contributed by atoms with Gasteiger partial charge in [-0.05, 0) is 49.1 Å². The molecule has 0 saturated carbocycles. The van der Waals surface area contributed by atoms with E-state index in [-0.39, 0.29) is 5.91 Å². The van der Waals surface area contributed by atoms with Crippen molar-refractivity contribution in [3.05, 3.63) is 51.7 Å². The van der Waals surface area contributed by atoms with Gasteiger partial charge in [-0.25, -0.2) is 8.42 Å². The summed E-state index contributed by atoms with van der Waals surface area (Å²) >= 11 is 1.48.